The van der Waals surface area contributed by atoms with E-state index in [4.69, 9.17) is 11.6 Å². The van der Waals surface area contributed by atoms with Gasteiger partial charge in [-0.25, -0.2) is 4.98 Å². The third-order valence-electron chi connectivity index (χ3n) is 7.78. The summed E-state index contributed by atoms with van der Waals surface area (Å²) in [6.07, 6.45) is 3.36. The highest BCUT2D eigenvalue weighted by Crippen LogP contribution is 2.52. The fraction of sp³-hybridized carbons (Fsp3) is 0.481. The van der Waals surface area contributed by atoms with Crippen LogP contribution >= 0.6 is 11.6 Å². The number of imidazole rings is 1. The van der Waals surface area contributed by atoms with Gasteiger partial charge in [0.1, 0.15) is 11.5 Å². The molecule has 1 spiro atoms. The summed E-state index contributed by atoms with van der Waals surface area (Å²) in [5.41, 5.74) is 2.97. The van der Waals surface area contributed by atoms with Gasteiger partial charge in [0.2, 0.25) is 5.91 Å². The van der Waals surface area contributed by atoms with E-state index in [-0.39, 0.29) is 28.7 Å². The van der Waals surface area contributed by atoms with Gasteiger partial charge in [-0.1, -0.05) is 39.0 Å². The van der Waals surface area contributed by atoms with Gasteiger partial charge < -0.3 is 20.1 Å². The second kappa shape index (κ2) is 8.90. The van der Waals surface area contributed by atoms with Crippen LogP contribution in [0.15, 0.2) is 24.8 Å². The SMILES string of the molecule is C=CC(=O)N1C[C@H](NC(=O)c2c(C)nc(CNc3n[nH]c4cc(Cl)c(C(C)(C)C)cc34)n2C)C2(CC2)C1. The molecule has 0 radical (unpaired) electrons. The minimum Gasteiger partial charge on any atom is -0.361 e. The largest absolute Gasteiger partial charge is 0.361 e. The predicted octanol–water partition coefficient (Wildman–Crippen LogP) is 4.07. The number of benzene rings is 1. The summed E-state index contributed by atoms with van der Waals surface area (Å²) in [5.74, 6) is 1.17. The van der Waals surface area contributed by atoms with Gasteiger partial charge in [-0.05, 0) is 49.0 Å². The Labute approximate surface area is 221 Å². The summed E-state index contributed by atoms with van der Waals surface area (Å²) >= 11 is 6.51. The Bertz CT molecular complexity index is 1410. The first-order valence-electron chi connectivity index (χ1n) is 12.6. The van der Waals surface area contributed by atoms with Crippen molar-refractivity contribution in [3.05, 3.63) is 52.6 Å². The first-order valence-corrected chi connectivity index (χ1v) is 13.0. The number of likely N-dealkylation sites (tertiary alicyclic amines) is 1. The number of carbonyl (C=O) groups is 2. The number of hydrogen-bond donors (Lipinski definition) is 3. The molecule has 1 aliphatic carbocycles. The Balaban J connectivity index is 1.32. The van der Waals surface area contributed by atoms with Crippen LogP contribution in [0, 0.1) is 12.3 Å². The number of aromatic nitrogens is 4. The van der Waals surface area contributed by atoms with Crippen molar-refractivity contribution in [3.63, 3.8) is 0 Å². The minimum atomic E-state index is -0.169. The molecule has 2 aliphatic rings. The van der Waals surface area contributed by atoms with Crippen molar-refractivity contribution in [3.8, 4) is 0 Å². The maximum atomic E-state index is 13.3. The van der Waals surface area contributed by atoms with E-state index in [2.05, 4.69) is 59.2 Å². The van der Waals surface area contributed by atoms with Crippen LogP contribution in [0.2, 0.25) is 5.02 Å². The van der Waals surface area contributed by atoms with Crippen LogP contribution in [0.3, 0.4) is 0 Å². The maximum Gasteiger partial charge on any atom is 0.270 e. The standard InChI is InChI=1S/C27H34ClN7O2/c1-7-22(36)35-13-20(27(14-35)8-9-27)31-25(37)23-15(2)30-21(34(23)6)12-29-24-16-10-17(26(3,4)5)18(28)11-19(16)32-33-24/h7,10-11,20H,1,8-9,12-14H2,2-6H3,(H,31,37)(H2,29,32,33)/t20-/m0/s1. The van der Waals surface area contributed by atoms with Crippen molar-refractivity contribution in [1.29, 1.82) is 0 Å². The molecule has 1 aromatic carbocycles. The summed E-state index contributed by atoms with van der Waals surface area (Å²) in [6, 6.07) is 3.91. The van der Waals surface area contributed by atoms with Crippen LogP contribution in [-0.2, 0) is 23.8 Å². The smallest absolute Gasteiger partial charge is 0.270 e. The fourth-order valence-corrected chi connectivity index (χ4v) is 5.88. The molecule has 5 rings (SSSR count). The zero-order valence-corrected chi connectivity index (χ0v) is 22.8. The Morgan fingerprint density at radius 2 is 2.05 bits per heavy atom. The molecule has 2 aromatic heterocycles. The number of halogens is 1. The number of aryl methyl sites for hydroxylation is 1. The van der Waals surface area contributed by atoms with Gasteiger partial charge in [-0.3, -0.25) is 14.7 Å². The molecule has 1 atom stereocenters. The summed E-state index contributed by atoms with van der Waals surface area (Å²) in [4.78, 5) is 31.9. The Morgan fingerprint density at radius 1 is 1.32 bits per heavy atom. The molecule has 2 fully saturated rings. The van der Waals surface area contributed by atoms with Crippen molar-refractivity contribution < 1.29 is 9.59 Å². The van der Waals surface area contributed by atoms with Crippen LogP contribution in [-0.4, -0.2) is 55.6 Å². The molecule has 3 N–H and O–H groups in total. The van der Waals surface area contributed by atoms with Crippen molar-refractivity contribution >= 4 is 40.1 Å². The molecular formula is C27H34ClN7O2. The zero-order chi connectivity index (χ0) is 26.7. The highest BCUT2D eigenvalue weighted by atomic mass is 35.5. The molecule has 196 valence electrons. The molecule has 9 nitrogen and oxygen atoms in total. The number of hydrogen-bond acceptors (Lipinski definition) is 5. The number of fused-ring (bicyclic) bond motifs is 1. The predicted molar refractivity (Wildman–Crippen MR) is 145 cm³/mol. The highest BCUT2D eigenvalue weighted by molar-refractivity contribution is 6.32. The van der Waals surface area contributed by atoms with Crippen LogP contribution in [0.1, 0.15) is 61.2 Å². The molecule has 10 heteroatoms. The monoisotopic (exact) mass is 523 g/mol. The molecule has 0 bridgehead atoms. The minimum absolute atomic E-state index is 0.0129. The number of nitrogens with one attached hydrogen (secondary N) is 3. The van der Waals surface area contributed by atoms with E-state index in [1.165, 1.54) is 6.08 Å². The van der Waals surface area contributed by atoms with Gasteiger partial charge >= 0.3 is 0 Å². The van der Waals surface area contributed by atoms with Crippen molar-refractivity contribution in [1.82, 2.24) is 30.0 Å². The second-order valence-corrected chi connectivity index (χ2v) is 11.8. The zero-order valence-electron chi connectivity index (χ0n) is 22.0. The van der Waals surface area contributed by atoms with Crippen molar-refractivity contribution in [2.75, 3.05) is 18.4 Å². The summed E-state index contributed by atoms with van der Waals surface area (Å²) in [7, 11) is 1.85. The quantitative estimate of drug-likeness (QED) is 0.422. The molecular weight excluding hydrogens is 490 g/mol. The van der Waals surface area contributed by atoms with E-state index in [1.54, 1.807) is 4.90 Å². The van der Waals surface area contributed by atoms with E-state index in [0.29, 0.717) is 41.9 Å². The van der Waals surface area contributed by atoms with Crippen LogP contribution in [0.5, 0.6) is 0 Å². The number of nitrogens with zero attached hydrogens (tertiary/aromatic N) is 4. The maximum absolute atomic E-state index is 13.3. The third kappa shape index (κ3) is 4.50. The van der Waals surface area contributed by atoms with Gasteiger partial charge in [0.25, 0.3) is 5.91 Å². The number of amides is 2. The lowest BCUT2D eigenvalue weighted by Crippen LogP contribution is -2.42. The van der Waals surface area contributed by atoms with Crippen molar-refractivity contribution in [2.24, 2.45) is 12.5 Å². The number of carbonyl (C=O) groups excluding carboxylic acids is 2. The van der Waals surface area contributed by atoms with Gasteiger partial charge in [0, 0.05) is 36.0 Å². The molecule has 0 unspecified atom stereocenters. The molecule has 1 saturated carbocycles. The Hall–Kier alpha value is -3.33. The molecule has 1 aliphatic heterocycles. The van der Waals surface area contributed by atoms with Crippen molar-refractivity contribution in [2.45, 2.75) is 58.5 Å². The molecule has 37 heavy (non-hydrogen) atoms. The summed E-state index contributed by atoms with van der Waals surface area (Å²) in [6.45, 7) is 13.4. The average Bonchev–Trinajstić information content (AvgIpc) is 3.24. The lowest BCUT2D eigenvalue weighted by Gasteiger charge is -2.20. The lowest BCUT2D eigenvalue weighted by molar-refractivity contribution is -0.125. The molecule has 3 heterocycles. The second-order valence-electron chi connectivity index (χ2n) is 11.4. The van der Waals surface area contributed by atoms with E-state index in [9.17, 15) is 9.59 Å². The average molecular weight is 524 g/mol. The van der Waals surface area contributed by atoms with E-state index in [0.717, 1.165) is 35.1 Å². The van der Waals surface area contributed by atoms with Crippen LogP contribution in [0.25, 0.3) is 10.9 Å². The van der Waals surface area contributed by atoms with Gasteiger partial charge in [-0.15, -0.1) is 0 Å². The number of H-pyrrole nitrogens is 1. The van der Waals surface area contributed by atoms with Crippen LogP contribution in [0.4, 0.5) is 5.82 Å². The molecule has 1 saturated heterocycles. The third-order valence-corrected chi connectivity index (χ3v) is 8.09. The number of rotatable bonds is 6. The Morgan fingerprint density at radius 3 is 2.70 bits per heavy atom. The highest BCUT2D eigenvalue weighted by Gasteiger charge is 2.56. The first-order chi connectivity index (χ1) is 17.4. The van der Waals surface area contributed by atoms with Gasteiger partial charge in [-0.2, -0.15) is 5.10 Å². The molecule has 2 amide bonds. The number of aromatic amines is 1. The van der Waals surface area contributed by atoms with E-state index in [1.807, 2.05) is 24.6 Å². The number of anilines is 1. The Kier molecular flexibility index (Phi) is 6.09. The van der Waals surface area contributed by atoms with Crippen LogP contribution < -0.4 is 10.6 Å². The van der Waals surface area contributed by atoms with E-state index >= 15 is 0 Å². The summed E-state index contributed by atoms with van der Waals surface area (Å²) < 4.78 is 1.82. The van der Waals surface area contributed by atoms with Gasteiger partial charge in [0.15, 0.2) is 5.82 Å². The topological polar surface area (TPSA) is 108 Å². The normalized spacial score (nSPS) is 18.4. The summed E-state index contributed by atoms with van der Waals surface area (Å²) in [5, 5.41) is 15.7. The lowest BCUT2D eigenvalue weighted by atomic mass is 9.86. The van der Waals surface area contributed by atoms with Gasteiger partial charge in [0.05, 0.1) is 23.8 Å². The fourth-order valence-electron chi connectivity index (χ4n) is 5.44. The molecule has 3 aromatic rings. The first kappa shape index (κ1) is 25.3. The van der Waals surface area contributed by atoms with E-state index < -0.39 is 0 Å².